The van der Waals surface area contributed by atoms with Gasteiger partial charge in [0.15, 0.2) is 0 Å². The van der Waals surface area contributed by atoms with Crippen molar-refractivity contribution in [1.82, 2.24) is 0 Å². The van der Waals surface area contributed by atoms with Crippen molar-refractivity contribution < 1.29 is 4.79 Å². The van der Waals surface area contributed by atoms with Gasteiger partial charge in [0.1, 0.15) is 5.78 Å². The molecule has 0 rings (SSSR count). The fraction of sp³-hybridized carbons (Fsp3) is 0.800. The summed E-state index contributed by atoms with van der Waals surface area (Å²) in [7, 11) is 0. The second kappa shape index (κ2) is 4.19. The summed E-state index contributed by atoms with van der Waals surface area (Å²) in [4.78, 5) is 10.4. The molecule has 0 bridgehead atoms. The minimum atomic E-state index is 0.340. The van der Waals surface area contributed by atoms with Crippen LogP contribution in [0.1, 0.15) is 13.3 Å². The molecule has 0 aliphatic carbocycles. The third-order valence-corrected chi connectivity index (χ3v) is 1.31. The molecule has 0 aliphatic rings. The lowest BCUT2D eigenvalue weighted by Crippen LogP contribution is -1.96. The maximum Gasteiger partial charge on any atom is 0.142 e. The van der Waals surface area contributed by atoms with E-state index in [1.807, 2.05) is 13.2 Å². The third-order valence-electron chi connectivity index (χ3n) is 0.700. The highest BCUT2D eigenvalue weighted by Gasteiger charge is 1.91. The molecule has 0 aromatic rings. The Labute approximate surface area is 48.5 Å². The van der Waals surface area contributed by atoms with Gasteiger partial charge in [0.2, 0.25) is 0 Å². The number of ketones is 1. The van der Waals surface area contributed by atoms with Gasteiger partial charge in [-0.25, -0.2) is 0 Å². The van der Waals surface area contributed by atoms with E-state index in [-0.39, 0.29) is 0 Å². The minimum absolute atomic E-state index is 0.340. The Balaban J connectivity index is 3.00. The lowest BCUT2D eigenvalue weighted by Gasteiger charge is -1.87. The molecule has 0 heterocycles. The van der Waals surface area contributed by atoms with E-state index in [1.54, 1.807) is 11.8 Å². The fourth-order valence-electron chi connectivity index (χ4n) is 0.263. The predicted octanol–water partition coefficient (Wildman–Crippen LogP) is 1.33. The van der Waals surface area contributed by atoms with Crippen molar-refractivity contribution in [3.05, 3.63) is 0 Å². The van der Waals surface area contributed by atoms with Crippen LogP contribution in [0.3, 0.4) is 0 Å². The molecule has 0 aliphatic heterocycles. The molecule has 7 heavy (non-hydrogen) atoms. The number of thioether (sulfide) groups is 1. The molecule has 0 radical (unpaired) electrons. The van der Waals surface area contributed by atoms with Crippen LogP contribution in [0.25, 0.3) is 0 Å². The van der Waals surface area contributed by atoms with Crippen molar-refractivity contribution in [2.45, 2.75) is 13.3 Å². The monoisotopic (exact) mass is 118 g/mol. The van der Waals surface area contributed by atoms with Crippen LogP contribution in [0.2, 0.25) is 0 Å². The number of Topliss-reactive ketones (excluding diaryl/α,β-unsaturated/α-hetero) is 1. The van der Waals surface area contributed by atoms with Gasteiger partial charge in [-0.1, -0.05) is 6.92 Å². The highest BCUT2D eigenvalue weighted by atomic mass is 32.2. The van der Waals surface area contributed by atoms with Gasteiger partial charge in [0.25, 0.3) is 0 Å². The van der Waals surface area contributed by atoms with Crippen LogP contribution < -0.4 is 0 Å². The summed E-state index contributed by atoms with van der Waals surface area (Å²) < 4.78 is 0. The van der Waals surface area contributed by atoms with Gasteiger partial charge in [-0.2, -0.15) is 11.8 Å². The molecule has 0 unspecified atom stereocenters. The lowest BCUT2D eigenvalue weighted by molar-refractivity contribution is -0.116. The molecule has 0 aromatic carbocycles. The van der Waals surface area contributed by atoms with Crippen molar-refractivity contribution in [3.63, 3.8) is 0 Å². The first-order valence-corrected chi connectivity index (χ1v) is 3.71. The summed E-state index contributed by atoms with van der Waals surface area (Å²) in [6.45, 7) is 1.89. The molecule has 0 fully saturated rings. The first-order valence-electron chi connectivity index (χ1n) is 2.32. The van der Waals surface area contributed by atoms with Crippen molar-refractivity contribution in [2.24, 2.45) is 0 Å². The minimum Gasteiger partial charge on any atom is -0.299 e. The Morgan fingerprint density at radius 2 is 2.29 bits per heavy atom. The van der Waals surface area contributed by atoms with Crippen LogP contribution in [0, 0.1) is 0 Å². The molecule has 0 atom stereocenters. The average Bonchev–Trinajstić information content (AvgIpc) is 1.68. The highest BCUT2D eigenvalue weighted by Crippen LogP contribution is 1.92. The predicted molar refractivity (Wildman–Crippen MR) is 33.7 cm³/mol. The SMILES string of the molecule is CCC(=O)CSC. The summed E-state index contributed by atoms with van der Waals surface area (Å²) in [5.74, 6) is 1.02. The highest BCUT2D eigenvalue weighted by molar-refractivity contribution is 7.99. The van der Waals surface area contributed by atoms with E-state index in [0.29, 0.717) is 18.0 Å². The smallest absolute Gasteiger partial charge is 0.142 e. The Morgan fingerprint density at radius 3 is 2.43 bits per heavy atom. The maximum atomic E-state index is 10.4. The van der Waals surface area contributed by atoms with Gasteiger partial charge < -0.3 is 0 Å². The molecule has 0 saturated carbocycles. The molecule has 0 saturated heterocycles. The zero-order chi connectivity index (χ0) is 5.70. The van der Waals surface area contributed by atoms with E-state index < -0.39 is 0 Å². The molecule has 0 aromatic heterocycles. The largest absolute Gasteiger partial charge is 0.299 e. The summed E-state index contributed by atoms with van der Waals surface area (Å²) in [5, 5.41) is 0. The first kappa shape index (κ1) is 7.02. The number of hydrogen-bond donors (Lipinski definition) is 0. The van der Waals surface area contributed by atoms with Gasteiger partial charge >= 0.3 is 0 Å². The van der Waals surface area contributed by atoms with Crippen LogP contribution in [0.5, 0.6) is 0 Å². The van der Waals surface area contributed by atoms with Crippen LogP contribution >= 0.6 is 11.8 Å². The van der Waals surface area contributed by atoms with Crippen LogP contribution in [-0.4, -0.2) is 17.8 Å². The molecule has 0 amide bonds. The number of hydrogen-bond acceptors (Lipinski definition) is 2. The van der Waals surface area contributed by atoms with E-state index in [2.05, 4.69) is 0 Å². The standard InChI is InChI=1S/C5H10OS/c1-3-5(6)4-7-2/h3-4H2,1-2H3. The lowest BCUT2D eigenvalue weighted by atomic mass is 10.4. The maximum absolute atomic E-state index is 10.4. The topological polar surface area (TPSA) is 17.1 Å². The van der Waals surface area contributed by atoms with Crippen LogP contribution in [0.15, 0.2) is 0 Å². The molecular weight excluding hydrogens is 108 g/mol. The van der Waals surface area contributed by atoms with Crippen LogP contribution in [-0.2, 0) is 4.79 Å². The Bertz CT molecular complexity index is 61.1. The van der Waals surface area contributed by atoms with Gasteiger partial charge in [-0.05, 0) is 6.26 Å². The molecule has 42 valence electrons. The van der Waals surface area contributed by atoms with Crippen LogP contribution in [0.4, 0.5) is 0 Å². The summed E-state index contributed by atoms with van der Waals surface area (Å²) in [5.41, 5.74) is 0. The second-order valence-electron chi connectivity index (χ2n) is 1.33. The van der Waals surface area contributed by atoms with Crippen molar-refractivity contribution in [2.75, 3.05) is 12.0 Å². The zero-order valence-electron chi connectivity index (χ0n) is 4.73. The number of carbonyl (C=O) groups excluding carboxylic acids is 1. The molecule has 0 spiro atoms. The summed E-state index contributed by atoms with van der Waals surface area (Å²) >= 11 is 1.58. The van der Waals surface area contributed by atoms with E-state index in [4.69, 9.17) is 0 Å². The molecule has 1 nitrogen and oxygen atoms in total. The zero-order valence-corrected chi connectivity index (χ0v) is 5.55. The second-order valence-corrected chi connectivity index (χ2v) is 2.19. The van der Waals surface area contributed by atoms with Gasteiger partial charge in [-0.15, -0.1) is 0 Å². The Kier molecular flexibility index (Phi) is 4.20. The van der Waals surface area contributed by atoms with Gasteiger partial charge in [-0.3, -0.25) is 4.79 Å². The molecule has 0 N–H and O–H groups in total. The van der Waals surface area contributed by atoms with Crippen molar-refractivity contribution >= 4 is 17.5 Å². The quantitative estimate of drug-likeness (QED) is 0.556. The van der Waals surface area contributed by atoms with Gasteiger partial charge in [0.05, 0.1) is 5.75 Å². The summed E-state index contributed by atoms with van der Waals surface area (Å²) in [6, 6.07) is 0. The Morgan fingerprint density at radius 1 is 1.71 bits per heavy atom. The average molecular weight is 118 g/mol. The number of rotatable bonds is 3. The summed E-state index contributed by atoms with van der Waals surface area (Å²) in [6.07, 6.45) is 2.62. The van der Waals surface area contributed by atoms with E-state index >= 15 is 0 Å². The van der Waals surface area contributed by atoms with E-state index in [1.165, 1.54) is 0 Å². The van der Waals surface area contributed by atoms with E-state index in [9.17, 15) is 4.79 Å². The molecule has 2 heteroatoms. The first-order chi connectivity index (χ1) is 3.31. The van der Waals surface area contributed by atoms with Gasteiger partial charge in [0, 0.05) is 6.42 Å². The van der Waals surface area contributed by atoms with E-state index in [0.717, 1.165) is 0 Å². The third kappa shape index (κ3) is 3.86. The fourth-order valence-corrected chi connectivity index (χ4v) is 0.789. The van der Waals surface area contributed by atoms with Crippen molar-refractivity contribution in [1.29, 1.82) is 0 Å². The normalized spacial score (nSPS) is 8.86. The Hall–Kier alpha value is 0.0200. The molecular formula is C5H10OS. The number of carbonyl (C=O) groups is 1. The van der Waals surface area contributed by atoms with Crippen molar-refractivity contribution in [3.8, 4) is 0 Å².